The van der Waals surface area contributed by atoms with Crippen molar-refractivity contribution in [3.63, 3.8) is 0 Å². The third kappa shape index (κ3) is 4.14. The van der Waals surface area contributed by atoms with Gasteiger partial charge in [0, 0.05) is 5.70 Å². The number of esters is 2. The number of hydrogen-bond donors (Lipinski definition) is 0. The largest absolute Gasteiger partial charge is 0.493 e. The molecule has 31 heavy (non-hydrogen) atoms. The molecule has 2 heterocycles. The Bertz CT molecular complexity index is 998. The average molecular weight is 447 g/mol. The molecule has 9 heteroatoms. The molecular formula is C22H26N2O6S. The van der Waals surface area contributed by atoms with Crippen LogP contribution in [-0.2, 0) is 19.1 Å². The van der Waals surface area contributed by atoms with Crippen LogP contribution in [0.15, 0.2) is 45.1 Å². The molecule has 2 aliphatic heterocycles. The molecule has 2 aliphatic rings. The van der Waals surface area contributed by atoms with E-state index in [2.05, 4.69) is 4.99 Å². The summed E-state index contributed by atoms with van der Waals surface area (Å²) >= 11 is 1.24. The zero-order valence-corrected chi connectivity index (χ0v) is 19.3. The molecule has 3 rings (SSSR count). The van der Waals surface area contributed by atoms with Crippen LogP contribution in [-0.4, -0.2) is 49.4 Å². The first-order chi connectivity index (χ1) is 14.9. The van der Waals surface area contributed by atoms with E-state index in [9.17, 15) is 9.59 Å². The minimum atomic E-state index is -0.550. The highest BCUT2D eigenvalue weighted by Gasteiger charge is 2.43. The third-order valence-corrected chi connectivity index (χ3v) is 6.09. The van der Waals surface area contributed by atoms with E-state index in [1.165, 1.54) is 11.8 Å². The Labute approximate surface area is 185 Å². The number of rotatable bonds is 7. The Hall–Kier alpha value is -2.94. The number of carbonyl (C=O) groups excluding carboxylic acids is 2. The standard InChI is InChI=1S/C22H26N2O6S/c1-7-29-20(25)17-12(3)23-22-24(13(4)19(31-22)21(26)30-8-2)18(17)14-9-10-15(27-5)16(11-14)28-6/h9-11,18H,7-8H2,1-6H3. The Morgan fingerprint density at radius 2 is 1.68 bits per heavy atom. The minimum absolute atomic E-state index is 0.239. The van der Waals surface area contributed by atoms with Crippen LogP contribution in [0.2, 0.25) is 0 Å². The maximum absolute atomic E-state index is 12.9. The van der Waals surface area contributed by atoms with Crippen molar-refractivity contribution < 1.29 is 28.5 Å². The van der Waals surface area contributed by atoms with Crippen LogP contribution in [0, 0.1) is 0 Å². The monoisotopic (exact) mass is 446 g/mol. The molecule has 0 N–H and O–H groups in total. The molecule has 0 saturated carbocycles. The Morgan fingerprint density at radius 1 is 1.03 bits per heavy atom. The number of nitrogens with zero attached hydrogens (tertiary/aromatic N) is 2. The molecule has 166 valence electrons. The molecule has 0 bridgehead atoms. The molecule has 0 radical (unpaired) electrons. The summed E-state index contributed by atoms with van der Waals surface area (Å²) in [6.07, 6.45) is 0. The lowest BCUT2D eigenvalue weighted by Gasteiger charge is -2.35. The summed E-state index contributed by atoms with van der Waals surface area (Å²) in [5.41, 5.74) is 2.38. The van der Waals surface area contributed by atoms with Crippen molar-refractivity contribution in [2.24, 2.45) is 4.99 Å². The maximum atomic E-state index is 12.9. The average Bonchev–Trinajstić information content (AvgIpc) is 3.08. The van der Waals surface area contributed by atoms with Gasteiger partial charge in [0.2, 0.25) is 0 Å². The number of amidine groups is 1. The van der Waals surface area contributed by atoms with Crippen LogP contribution in [0.3, 0.4) is 0 Å². The highest BCUT2D eigenvalue weighted by Crippen LogP contribution is 2.48. The van der Waals surface area contributed by atoms with E-state index in [1.54, 1.807) is 41.1 Å². The predicted molar refractivity (Wildman–Crippen MR) is 118 cm³/mol. The van der Waals surface area contributed by atoms with Gasteiger partial charge in [0.1, 0.15) is 4.91 Å². The van der Waals surface area contributed by atoms with E-state index in [0.717, 1.165) is 5.56 Å². The lowest BCUT2D eigenvalue weighted by Crippen LogP contribution is -2.36. The van der Waals surface area contributed by atoms with Crippen molar-refractivity contribution in [2.75, 3.05) is 27.4 Å². The predicted octanol–water partition coefficient (Wildman–Crippen LogP) is 3.80. The topological polar surface area (TPSA) is 86.7 Å². The molecule has 0 spiro atoms. The smallest absolute Gasteiger partial charge is 0.346 e. The highest BCUT2D eigenvalue weighted by atomic mass is 32.2. The lowest BCUT2D eigenvalue weighted by molar-refractivity contribution is -0.139. The van der Waals surface area contributed by atoms with E-state index in [4.69, 9.17) is 18.9 Å². The summed E-state index contributed by atoms with van der Waals surface area (Å²) in [4.78, 5) is 32.4. The van der Waals surface area contributed by atoms with Crippen LogP contribution < -0.4 is 9.47 Å². The van der Waals surface area contributed by atoms with Gasteiger partial charge in [0.25, 0.3) is 0 Å². The van der Waals surface area contributed by atoms with Gasteiger partial charge in [-0.15, -0.1) is 0 Å². The van der Waals surface area contributed by atoms with E-state index in [0.29, 0.717) is 38.5 Å². The first-order valence-electron chi connectivity index (χ1n) is 9.91. The fourth-order valence-electron chi connectivity index (χ4n) is 3.57. The van der Waals surface area contributed by atoms with Crippen LogP contribution in [0.1, 0.15) is 39.3 Å². The molecule has 1 aromatic rings. The number of allylic oxidation sites excluding steroid dienone is 2. The lowest BCUT2D eigenvalue weighted by atomic mass is 9.93. The molecule has 0 amide bonds. The number of ether oxygens (including phenoxy) is 4. The minimum Gasteiger partial charge on any atom is -0.493 e. The number of benzene rings is 1. The van der Waals surface area contributed by atoms with E-state index in [-0.39, 0.29) is 13.2 Å². The number of carbonyl (C=O) groups is 2. The normalized spacial score (nSPS) is 17.9. The molecular weight excluding hydrogens is 420 g/mol. The van der Waals surface area contributed by atoms with Gasteiger partial charge in [-0.2, -0.15) is 0 Å². The maximum Gasteiger partial charge on any atom is 0.346 e. The number of thioether (sulfide) groups is 1. The Kier molecular flexibility index (Phi) is 6.94. The van der Waals surface area contributed by atoms with Crippen molar-refractivity contribution in [1.82, 2.24) is 4.90 Å². The summed E-state index contributed by atoms with van der Waals surface area (Å²) in [5.74, 6) is 0.238. The number of hydrogen-bond acceptors (Lipinski definition) is 9. The molecule has 1 atom stereocenters. The first kappa shape index (κ1) is 22.7. The van der Waals surface area contributed by atoms with Gasteiger partial charge in [0.15, 0.2) is 16.7 Å². The molecule has 1 unspecified atom stereocenters. The van der Waals surface area contributed by atoms with Crippen molar-refractivity contribution in [3.05, 3.63) is 45.6 Å². The Balaban J connectivity index is 2.18. The Morgan fingerprint density at radius 3 is 2.29 bits per heavy atom. The summed E-state index contributed by atoms with van der Waals surface area (Å²) in [6.45, 7) is 7.61. The van der Waals surface area contributed by atoms with Gasteiger partial charge in [-0.3, -0.25) is 0 Å². The second-order valence-electron chi connectivity index (χ2n) is 6.74. The van der Waals surface area contributed by atoms with Crippen LogP contribution in [0.5, 0.6) is 11.5 Å². The fraction of sp³-hybridized carbons (Fsp3) is 0.409. The van der Waals surface area contributed by atoms with Gasteiger partial charge in [0.05, 0.1) is 44.7 Å². The van der Waals surface area contributed by atoms with Crippen molar-refractivity contribution in [3.8, 4) is 11.5 Å². The fourth-order valence-corrected chi connectivity index (χ4v) is 4.67. The van der Waals surface area contributed by atoms with E-state index < -0.39 is 18.0 Å². The molecule has 0 aromatic heterocycles. The van der Waals surface area contributed by atoms with Crippen molar-refractivity contribution in [2.45, 2.75) is 33.7 Å². The summed E-state index contributed by atoms with van der Waals surface area (Å²) in [5, 5.41) is 0.603. The second kappa shape index (κ2) is 9.47. The van der Waals surface area contributed by atoms with Crippen LogP contribution >= 0.6 is 11.8 Å². The molecule has 8 nitrogen and oxygen atoms in total. The molecule has 0 saturated heterocycles. The number of fused-ring (bicyclic) bond motifs is 1. The quantitative estimate of drug-likeness (QED) is 0.585. The molecule has 0 fully saturated rings. The summed E-state index contributed by atoms with van der Waals surface area (Å²) in [6, 6.07) is 4.92. The van der Waals surface area contributed by atoms with E-state index in [1.807, 2.05) is 24.0 Å². The number of methoxy groups -OCH3 is 2. The summed E-state index contributed by atoms with van der Waals surface area (Å²) < 4.78 is 21.4. The molecule has 1 aromatic carbocycles. The van der Waals surface area contributed by atoms with Crippen molar-refractivity contribution >= 4 is 28.9 Å². The van der Waals surface area contributed by atoms with Crippen LogP contribution in [0.25, 0.3) is 0 Å². The first-order valence-corrected chi connectivity index (χ1v) is 10.7. The SMILES string of the molecule is CCOC(=O)C1=C(C)N2C(=NC(C)=C(C(=O)OCC)C2c2ccc(OC)c(OC)c2)S1. The zero-order valence-electron chi connectivity index (χ0n) is 18.5. The highest BCUT2D eigenvalue weighted by molar-refractivity contribution is 8.18. The van der Waals surface area contributed by atoms with Gasteiger partial charge in [-0.25, -0.2) is 14.6 Å². The third-order valence-electron chi connectivity index (χ3n) is 4.95. The van der Waals surface area contributed by atoms with Gasteiger partial charge in [-0.1, -0.05) is 6.07 Å². The van der Waals surface area contributed by atoms with Crippen LogP contribution in [0.4, 0.5) is 0 Å². The van der Waals surface area contributed by atoms with E-state index >= 15 is 0 Å². The molecule has 0 aliphatic carbocycles. The van der Waals surface area contributed by atoms with Gasteiger partial charge in [-0.05, 0) is 57.2 Å². The van der Waals surface area contributed by atoms with Crippen molar-refractivity contribution in [1.29, 1.82) is 0 Å². The van der Waals surface area contributed by atoms with Gasteiger partial charge >= 0.3 is 11.9 Å². The second-order valence-corrected chi connectivity index (χ2v) is 7.72. The zero-order chi connectivity index (χ0) is 22.7. The van der Waals surface area contributed by atoms with Gasteiger partial charge < -0.3 is 23.8 Å². The summed E-state index contributed by atoms with van der Waals surface area (Å²) in [7, 11) is 3.12. The number of aliphatic imine (C=N–C) groups is 1.